The molecule has 0 saturated heterocycles. The molecule has 0 amide bonds. The van der Waals surface area contributed by atoms with Gasteiger partial charge in [-0.25, -0.2) is 4.98 Å². The number of aromatic nitrogens is 2. The van der Waals surface area contributed by atoms with Crippen molar-refractivity contribution >= 4 is 17.2 Å². The Morgan fingerprint density at radius 3 is 2.59 bits per heavy atom. The fourth-order valence-corrected chi connectivity index (χ4v) is 2.25. The van der Waals surface area contributed by atoms with E-state index in [1.807, 2.05) is 48.7 Å². The molecule has 0 fully saturated rings. The first kappa shape index (κ1) is 10.4. The second-order valence-electron chi connectivity index (χ2n) is 3.95. The number of halogens is 1. The molecular formula is C14H11ClN2. The van der Waals surface area contributed by atoms with Crippen LogP contribution in [0.15, 0.2) is 48.7 Å². The standard InChI is InChI=1S/C14H11ClN2/c1-10-14(11-6-2-3-7-12(11)15)16-13-8-4-5-9-17(10)13/h2-9H,1H3. The molecule has 0 aliphatic heterocycles. The first-order valence-electron chi connectivity index (χ1n) is 5.46. The fourth-order valence-electron chi connectivity index (χ4n) is 2.03. The minimum Gasteiger partial charge on any atom is -0.304 e. The Kier molecular flexibility index (Phi) is 2.37. The molecule has 2 heterocycles. The third-order valence-electron chi connectivity index (χ3n) is 2.90. The van der Waals surface area contributed by atoms with Gasteiger partial charge in [0.1, 0.15) is 5.65 Å². The summed E-state index contributed by atoms with van der Waals surface area (Å²) in [5, 5.41) is 0.735. The lowest BCUT2D eigenvalue weighted by atomic mass is 10.1. The summed E-state index contributed by atoms with van der Waals surface area (Å²) in [6.07, 6.45) is 2.01. The number of imidazole rings is 1. The van der Waals surface area contributed by atoms with Gasteiger partial charge in [0.05, 0.1) is 10.7 Å². The van der Waals surface area contributed by atoms with E-state index >= 15 is 0 Å². The molecule has 0 spiro atoms. The van der Waals surface area contributed by atoms with Crippen molar-refractivity contribution in [1.82, 2.24) is 9.38 Å². The van der Waals surface area contributed by atoms with Crippen LogP contribution in [0.1, 0.15) is 5.69 Å². The number of rotatable bonds is 1. The van der Waals surface area contributed by atoms with Crippen molar-refractivity contribution in [3.8, 4) is 11.3 Å². The van der Waals surface area contributed by atoms with Gasteiger partial charge in [0.25, 0.3) is 0 Å². The Hall–Kier alpha value is -1.80. The minimum atomic E-state index is 0.735. The molecule has 3 aromatic rings. The zero-order valence-electron chi connectivity index (χ0n) is 9.39. The van der Waals surface area contributed by atoms with E-state index in [1.165, 1.54) is 0 Å². The average molecular weight is 243 g/mol. The number of fused-ring (bicyclic) bond motifs is 1. The first-order chi connectivity index (χ1) is 8.27. The van der Waals surface area contributed by atoms with E-state index in [-0.39, 0.29) is 0 Å². The summed E-state index contributed by atoms with van der Waals surface area (Å²) in [5.41, 5.74) is 3.98. The smallest absolute Gasteiger partial charge is 0.137 e. The summed E-state index contributed by atoms with van der Waals surface area (Å²) in [5.74, 6) is 0. The molecule has 0 N–H and O–H groups in total. The number of hydrogen-bond donors (Lipinski definition) is 0. The Balaban J connectivity index is 2.32. The van der Waals surface area contributed by atoms with Crippen LogP contribution in [0.4, 0.5) is 0 Å². The third-order valence-corrected chi connectivity index (χ3v) is 3.23. The predicted octanol–water partition coefficient (Wildman–Crippen LogP) is 3.96. The highest BCUT2D eigenvalue weighted by atomic mass is 35.5. The highest BCUT2D eigenvalue weighted by molar-refractivity contribution is 6.33. The van der Waals surface area contributed by atoms with Gasteiger partial charge < -0.3 is 4.40 Å². The second kappa shape index (κ2) is 3.90. The summed E-state index contributed by atoms with van der Waals surface area (Å²) < 4.78 is 2.07. The molecule has 0 aliphatic carbocycles. The maximum absolute atomic E-state index is 6.21. The molecule has 2 aromatic heterocycles. The number of hydrogen-bond acceptors (Lipinski definition) is 1. The van der Waals surface area contributed by atoms with Crippen LogP contribution in [0.5, 0.6) is 0 Å². The Labute approximate surface area is 104 Å². The molecule has 0 saturated carbocycles. The predicted molar refractivity (Wildman–Crippen MR) is 70.4 cm³/mol. The van der Waals surface area contributed by atoms with E-state index in [0.717, 1.165) is 27.6 Å². The van der Waals surface area contributed by atoms with Gasteiger partial charge in [-0.15, -0.1) is 0 Å². The normalized spacial score (nSPS) is 10.9. The molecule has 3 rings (SSSR count). The molecule has 0 radical (unpaired) electrons. The number of benzene rings is 1. The topological polar surface area (TPSA) is 17.3 Å². The van der Waals surface area contributed by atoms with Crippen LogP contribution in [0.2, 0.25) is 5.02 Å². The van der Waals surface area contributed by atoms with Crippen LogP contribution in [-0.2, 0) is 0 Å². The summed E-state index contributed by atoms with van der Waals surface area (Å²) in [7, 11) is 0. The van der Waals surface area contributed by atoms with Crippen LogP contribution in [0.25, 0.3) is 16.9 Å². The van der Waals surface area contributed by atoms with Gasteiger partial charge in [-0.2, -0.15) is 0 Å². The van der Waals surface area contributed by atoms with Crippen LogP contribution in [0, 0.1) is 6.92 Å². The number of nitrogens with zero attached hydrogens (tertiary/aromatic N) is 2. The number of aryl methyl sites for hydroxylation is 1. The molecule has 3 heteroatoms. The van der Waals surface area contributed by atoms with E-state index < -0.39 is 0 Å². The second-order valence-corrected chi connectivity index (χ2v) is 4.36. The van der Waals surface area contributed by atoms with Crippen molar-refractivity contribution in [2.24, 2.45) is 0 Å². The summed E-state index contributed by atoms with van der Waals surface area (Å²) >= 11 is 6.21. The summed E-state index contributed by atoms with van der Waals surface area (Å²) in [6.45, 7) is 2.05. The highest BCUT2D eigenvalue weighted by Crippen LogP contribution is 2.29. The van der Waals surface area contributed by atoms with Crippen LogP contribution < -0.4 is 0 Å². The van der Waals surface area contributed by atoms with Crippen molar-refractivity contribution < 1.29 is 0 Å². The summed E-state index contributed by atoms with van der Waals surface area (Å²) in [6, 6.07) is 13.8. The fraction of sp³-hybridized carbons (Fsp3) is 0.0714. The molecule has 0 bridgehead atoms. The van der Waals surface area contributed by atoms with Gasteiger partial charge in [-0.1, -0.05) is 35.9 Å². The lowest BCUT2D eigenvalue weighted by molar-refractivity contribution is 1.11. The largest absolute Gasteiger partial charge is 0.304 e. The van der Waals surface area contributed by atoms with Crippen LogP contribution in [0.3, 0.4) is 0 Å². The lowest BCUT2D eigenvalue weighted by Crippen LogP contribution is -1.86. The van der Waals surface area contributed by atoms with E-state index in [2.05, 4.69) is 16.3 Å². The molecule has 2 nitrogen and oxygen atoms in total. The molecule has 1 aromatic carbocycles. The highest BCUT2D eigenvalue weighted by Gasteiger charge is 2.11. The van der Waals surface area contributed by atoms with Crippen molar-refractivity contribution in [2.45, 2.75) is 6.92 Å². The zero-order valence-corrected chi connectivity index (χ0v) is 10.1. The SMILES string of the molecule is Cc1c(-c2ccccc2Cl)nc2ccccn12. The third kappa shape index (κ3) is 1.61. The van der Waals surface area contributed by atoms with Crippen molar-refractivity contribution in [2.75, 3.05) is 0 Å². The Morgan fingerprint density at radius 1 is 1.06 bits per heavy atom. The molecule has 17 heavy (non-hydrogen) atoms. The van der Waals surface area contributed by atoms with Gasteiger partial charge in [0.2, 0.25) is 0 Å². The summed E-state index contributed by atoms with van der Waals surface area (Å²) in [4.78, 5) is 4.62. The van der Waals surface area contributed by atoms with Gasteiger partial charge in [-0.3, -0.25) is 0 Å². The molecule has 0 aliphatic rings. The van der Waals surface area contributed by atoms with E-state index in [9.17, 15) is 0 Å². The van der Waals surface area contributed by atoms with E-state index in [0.29, 0.717) is 0 Å². The van der Waals surface area contributed by atoms with Crippen molar-refractivity contribution in [3.63, 3.8) is 0 Å². The zero-order chi connectivity index (χ0) is 11.8. The first-order valence-corrected chi connectivity index (χ1v) is 5.84. The molecular weight excluding hydrogens is 232 g/mol. The lowest BCUT2D eigenvalue weighted by Gasteiger charge is -2.01. The van der Waals surface area contributed by atoms with Gasteiger partial charge in [0, 0.05) is 17.5 Å². The van der Waals surface area contributed by atoms with E-state index in [4.69, 9.17) is 11.6 Å². The Morgan fingerprint density at radius 2 is 1.82 bits per heavy atom. The van der Waals surface area contributed by atoms with Gasteiger partial charge in [-0.05, 0) is 25.1 Å². The van der Waals surface area contributed by atoms with E-state index in [1.54, 1.807) is 0 Å². The van der Waals surface area contributed by atoms with Crippen LogP contribution >= 0.6 is 11.6 Å². The van der Waals surface area contributed by atoms with Crippen molar-refractivity contribution in [1.29, 1.82) is 0 Å². The monoisotopic (exact) mass is 242 g/mol. The molecule has 84 valence electrons. The Bertz CT molecular complexity index is 686. The molecule has 0 atom stereocenters. The number of pyridine rings is 1. The maximum Gasteiger partial charge on any atom is 0.137 e. The van der Waals surface area contributed by atoms with Gasteiger partial charge >= 0.3 is 0 Å². The van der Waals surface area contributed by atoms with Crippen LogP contribution in [-0.4, -0.2) is 9.38 Å². The molecule has 0 unspecified atom stereocenters. The maximum atomic E-state index is 6.21. The van der Waals surface area contributed by atoms with Gasteiger partial charge in [0.15, 0.2) is 0 Å². The minimum absolute atomic E-state index is 0.735. The average Bonchev–Trinajstić information content (AvgIpc) is 2.68. The quantitative estimate of drug-likeness (QED) is 0.631. The van der Waals surface area contributed by atoms with Crippen molar-refractivity contribution in [3.05, 3.63) is 59.4 Å².